The van der Waals surface area contributed by atoms with E-state index < -0.39 is 5.60 Å². The van der Waals surface area contributed by atoms with E-state index in [4.69, 9.17) is 14.5 Å². The summed E-state index contributed by atoms with van der Waals surface area (Å²) < 4.78 is 10.8. The van der Waals surface area contributed by atoms with Crippen LogP contribution in [0.5, 0.6) is 11.5 Å². The number of likely N-dealkylation sites (tertiary alicyclic amines) is 1. The topological polar surface area (TPSA) is 123 Å². The van der Waals surface area contributed by atoms with Crippen molar-refractivity contribution in [2.24, 2.45) is 0 Å². The molecule has 1 amide bonds. The molecule has 2 aromatic heterocycles. The molecule has 1 saturated heterocycles. The molecule has 0 saturated carbocycles. The van der Waals surface area contributed by atoms with Gasteiger partial charge in [0.1, 0.15) is 28.4 Å². The summed E-state index contributed by atoms with van der Waals surface area (Å²) in [5, 5.41) is 14.0. The Balaban J connectivity index is 1.45. The van der Waals surface area contributed by atoms with Gasteiger partial charge in [0.15, 0.2) is 11.6 Å². The van der Waals surface area contributed by atoms with Crippen molar-refractivity contribution in [2.75, 3.05) is 33.1 Å². The number of aliphatic hydroxyl groups is 1. The Kier molecular flexibility index (Phi) is 7.00. The molecule has 1 aliphatic rings. The zero-order valence-corrected chi connectivity index (χ0v) is 22.1. The summed E-state index contributed by atoms with van der Waals surface area (Å²) >= 11 is 0. The molecular formula is C29H28N6O4. The van der Waals surface area contributed by atoms with Crippen LogP contribution in [0.15, 0.2) is 48.7 Å². The number of nitrogens with one attached hydrogen (secondary N) is 1. The van der Waals surface area contributed by atoms with Gasteiger partial charge in [0.05, 0.1) is 20.4 Å². The molecule has 198 valence electrons. The fourth-order valence-electron chi connectivity index (χ4n) is 4.37. The van der Waals surface area contributed by atoms with Gasteiger partial charge in [0.2, 0.25) is 5.60 Å². The SMILES string of the molecule is COc1ccc(CNc2nc(C)nc3cnc(-c4cccc(C#CC5(O)CCN(C)C5=O)c4)nc23)c(OC)c1. The minimum atomic E-state index is -1.66. The van der Waals surface area contributed by atoms with Gasteiger partial charge in [-0.2, -0.15) is 0 Å². The number of rotatable bonds is 6. The van der Waals surface area contributed by atoms with Crippen molar-refractivity contribution < 1.29 is 19.4 Å². The molecule has 39 heavy (non-hydrogen) atoms. The largest absolute Gasteiger partial charge is 0.497 e. The molecule has 1 aliphatic heterocycles. The Morgan fingerprint density at radius 3 is 2.72 bits per heavy atom. The molecule has 0 radical (unpaired) electrons. The number of aryl methyl sites for hydroxylation is 1. The van der Waals surface area contributed by atoms with E-state index in [1.807, 2.05) is 49.4 Å². The minimum Gasteiger partial charge on any atom is -0.497 e. The lowest BCUT2D eigenvalue weighted by Crippen LogP contribution is -2.37. The maximum atomic E-state index is 12.2. The van der Waals surface area contributed by atoms with E-state index in [1.165, 1.54) is 4.90 Å². The van der Waals surface area contributed by atoms with E-state index in [0.29, 0.717) is 58.7 Å². The van der Waals surface area contributed by atoms with E-state index in [1.54, 1.807) is 27.5 Å². The van der Waals surface area contributed by atoms with Gasteiger partial charge >= 0.3 is 0 Å². The molecule has 2 aromatic carbocycles. The number of hydrogen-bond acceptors (Lipinski definition) is 9. The highest BCUT2D eigenvalue weighted by Gasteiger charge is 2.42. The second-order valence-corrected chi connectivity index (χ2v) is 9.25. The zero-order valence-electron chi connectivity index (χ0n) is 22.1. The average Bonchev–Trinajstić information content (AvgIpc) is 3.22. The van der Waals surface area contributed by atoms with Gasteiger partial charge in [-0.15, -0.1) is 0 Å². The highest BCUT2D eigenvalue weighted by molar-refractivity contribution is 5.90. The number of methoxy groups -OCH3 is 2. The first-order chi connectivity index (χ1) is 18.8. The number of hydrogen-bond donors (Lipinski definition) is 2. The van der Waals surface area contributed by atoms with Crippen molar-refractivity contribution in [1.82, 2.24) is 24.8 Å². The van der Waals surface area contributed by atoms with Gasteiger partial charge in [0.25, 0.3) is 5.91 Å². The number of benzene rings is 2. The van der Waals surface area contributed by atoms with Crippen LogP contribution in [0.3, 0.4) is 0 Å². The Morgan fingerprint density at radius 1 is 1.13 bits per heavy atom. The number of ether oxygens (including phenoxy) is 2. The predicted octanol–water partition coefficient (Wildman–Crippen LogP) is 2.97. The molecule has 1 fully saturated rings. The number of likely N-dealkylation sites (N-methyl/N-ethyl adjacent to an activating group) is 1. The third-order valence-corrected chi connectivity index (χ3v) is 6.53. The third-order valence-electron chi connectivity index (χ3n) is 6.53. The lowest BCUT2D eigenvalue weighted by atomic mass is 10.0. The summed E-state index contributed by atoms with van der Waals surface area (Å²) in [5.74, 6) is 8.34. The Labute approximate surface area is 226 Å². The van der Waals surface area contributed by atoms with Gasteiger partial charge < -0.3 is 24.8 Å². The first-order valence-electron chi connectivity index (χ1n) is 12.4. The summed E-state index contributed by atoms with van der Waals surface area (Å²) in [5.41, 5.74) is 1.82. The van der Waals surface area contributed by atoms with E-state index in [9.17, 15) is 9.90 Å². The Hall–Kier alpha value is -4.75. The van der Waals surface area contributed by atoms with Crippen LogP contribution >= 0.6 is 0 Å². The van der Waals surface area contributed by atoms with Gasteiger partial charge in [-0.3, -0.25) is 4.79 Å². The van der Waals surface area contributed by atoms with Crippen molar-refractivity contribution in [3.63, 3.8) is 0 Å². The number of nitrogens with zero attached hydrogens (tertiary/aromatic N) is 5. The normalized spacial score (nSPS) is 16.6. The van der Waals surface area contributed by atoms with Crippen LogP contribution in [0.4, 0.5) is 5.82 Å². The molecule has 1 atom stereocenters. The molecular weight excluding hydrogens is 496 g/mol. The molecule has 10 nitrogen and oxygen atoms in total. The van der Waals surface area contributed by atoms with E-state index in [-0.39, 0.29) is 12.3 Å². The van der Waals surface area contributed by atoms with Crippen LogP contribution in [0.1, 0.15) is 23.4 Å². The van der Waals surface area contributed by atoms with Crippen molar-refractivity contribution in [2.45, 2.75) is 25.5 Å². The Bertz CT molecular complexity index is 1630. The lowest BCUT2D eigenvalue weighted by molar-refractivity contribution is -0.137. The fraction of sp³-hybridized carbons (Fsp3) is 0.276. The lowest BCUT2D eigenvalue weighted by Gasteiger charge is -2.13. The van der Waals surface area contributed by atoms with Crippen LogP contribution in [-0.2, 0) is 11.3 Å². The first kappa shape index (κ1) is 25.9. The van der Waals surface area contributed by atoms with Crippen LogP contribution < -0.4 is 14.8 Å². The molecule has 0 bridgehead atoms. The number of carbonyl (C=O) groups excluding carboxylic acids is 1. The van der Waals surface area contributed by atoms with Crippen LogP contribution in [-0.4, -0.2) is 69.3 Å². The maximum absolute atomic E-state index is 12.2. The zero-order chi connectivity index (χ0) is 27.6. The predicted molar refractivity (Wildman–Crippen MR) is 146 cm³/mol. The van der Waals surface area contributed by atoms with E-state index >= 15 is 0 Å². The van der Waals surface area contributed by atoms with E-state index in [2.05, 4.69) is 32.1 Å². The smallest absolute Gasteiger partial charge is 0.267 e. The van der Waals surface area contributed by atoms with Crippen LogP contribution in [0, 0.1) is 18.8 Å². The van der Waals surface area contributed by atoms with Crippen molar-refractivity contribution in [1.29, 1.82) is 0 Å². The highest BCUT2D eigenvalue weighted by atomic mass is 16.5. The molecule has 4 aromatic rings. The molecule has 2 N–H and O–H groups in total. The maximum Gasteiger partial charge on any atom is 0.267 e. The van der Waals surface area contributed by atoms with Crippen molar-refractivity contribution >= 4 is 22.8 Å². The second-order valence-electron chi connectivity index (χ2n) is 9.25. The second kappa shape index (κ2) is 10.6. The monoisotopic (exact) mass is 524 g/mol. The molecule has 10 heteroatoms. The number of anilines is 1. The number of carbonyl (C=O) groups is 1. The molecule has 0 spiro atoms. The molecule has 5 rings (SSSR count). The van der Waals surface area contributed by atoms with Gasteiger partial charge in [-0.1, -0.05) is 24.0 Å². The van der Waals surface area contributed by atoms with Gasteiger partial charge in [0, 0.05) is 49.3 Å². The summed E-state index contributed by atoms with van der Waals surface area (Å²) in [6, 6.07) is 13.0. The Morgan fingerprint density at radius 2 is 1.97 bits per heavy atom. The molecule has 0 aliphatic carbocycles. The summed E-state index contributed by atoms with van der Waals surface area (Å²) in [4.78, 5) is 32.1. The summed E-state index contributed by atoms with van der Waals surface area (Å²) in [6.07, 6.45) is 1.94. The van der Waals surface area contributed by atoms with Gasteiger partial charge in [-0.05, 0) is 31.2 Å². The van der Waals surface area contributed by atoms with Gasteiger partial charge in [-0.25, -0.2) is 19.9 Å². The van der Waals surface area contributed by atoms with Crippen molar-refractivity contribution in [3.8, 4) is 34.7 Å². The number of amides is 1. The van der Waals surface area contributed by atoms with Crippen LogP contribution in [0.25, 0.3) is 22.4 Å². The highest BCUT2D eigenvalue weighted by Crippen LogP contribution is 2.27. The van der Waals surface area contributed by atoms with E-state index in [0.717, 1.165) is 11.1 Å². The quantitative estimate of drug-likeness (QED) is 0.367. The molecule has 1 unspecified atom stereocenters. The summed E-state index contributed by atoms with van der Waals surface area (Å²) in [6.45, 7) is 2.73. The number of aromatic nitrogens is 4. The third kappa shape index (κ3) is 5.30. The first-order valence-corrected chi connectivity index (χ1v) is 12.4. The average molecular weight is 525 g/mol. The van der Waals surface area contributed by atoms with Crippen molar-refractivity contribution in [3.05, 3.63) is 65.6 Å². The van der Waals surface area contributed by atoms with Crippen LogP contribution in [0.2, 0.25) is 0 Å². The minimum absolute atomic E-state index is 0.278. The summed E-state index contributed by atoms with van der Waals surface area (Å²) in [7, 11) is 4.88. The standard InChI is InChI=1S/C29H28N6O4/c1-18-32-23-17-31-26(20-7-5-6-19(14-20)10-11-29(37)12-13-35(2)28(29)36)34-25(23)27(33-18)30-16-21-8-9-22(38-3)15-24(21)39-4/h5-9,14-15,17,37H,12-13,16H2,1-4H3,(H,30,32,33). The fourth-order valence-corrected chi connectivity index (χ4v) is 4.37. The molecule has 3 heterocycles. The number of fused-ring (bicyclic) bond motifs is 1.